The van der Waals surface area contributed by atoms with Gasteiger partial charge in [-0.3, -0.25) is 9.63 Å². The van der Waals surface area contributed by atoms with Crippen LogP contribution < -0.4 is 11.2 Å². The molecule has 1 amide bonds. The zero-order valence-corrected chi connectivity index (χ0v) is 8.30. The Morgan fingerprint density at radius 3 is 2.70 bits per heavy atom. The smallest absolute Gasteiger partial charge is 0.248 e. The van der Waals surface area contributed by atoms with Gasteiger partial charge in [0.25, 0.3) is 0 Å². The van der Waals surface area contributed by atoms with Crippen LogP contribution in [0.3, 0.4) is 0 Å². The van der Waals surface area contributed by atoms with Gasteiger partial charge in [0, 0.05) is 27.6 Å². The number of rotatable bonds is 4. The van der Waals surface area contributed by atoms with Crippen molar-refractivity contribution in [3.05, 3.63) is 0 Å². The van der Waals surface area contributed by atoms with Crippen molar-refractivity contribution in [2.75, 3.05) is 19.8 Å². The van der Waals surface area contributed by atoms with Crippen LogP contribution in [0.25, 0.3) is 0 Å². The van der Waals surface area contributed by atoms with E-state index < -0.39 is 0 Å². The van der Waals surface area contributed by atoms with Crippen molar-refractivity contribution in [1.29, 1.82) is 0 Å². The van der Waals surface area contributed by atoms with Crippen LogP contribution in [0.2, 0.25) is 0 Å². The SMILES string of the molecule is NOCC(=O)NCCO.[W]. The minimum absolute atomic E-state index is 0. The molecule has 6 heteroatoms. The summed E-state index contributed by atoms with van der Waals surface area (Å²) in [6, 6.07) is 0. The van der Waals surface area contributed by atoms with Gasteiger partial charge in [-0.25, -0.2) is 5.90 Å². The van der Waals surface area contributed by atoms with E-state index in [2.05, 4.69) is 16.1 Å². The van der Waals surface area contributed by atoms with Crippen molar-refractivity contribution < 1.29 is 35.8 Å². The second-order valence-electron chi connectivity index (χ2n) is 1.38. The molecule has 0 atom stereocenters. The second-order valence-corrected chi connectivity index (χ2v) is 1.38. The Kier molecular flexibility index (Phi) is 11.5. The monoisotopic (exact) mass is 318 g/mol. The molecule has 60 valence electrons. The van der Waals surface area contributed by atoms with Crippen molar-refractivity contribution >= 4 is 5.91 Å². The number of carbonyl (C=O) groups is 1. The van der Waals surface area contributed by atoms with E-state index in [1.54, 1.807) is 0 Å². The number of hydrogen-bond acceptors (Lipinski definition) is 4. The first-order chi connectivity index (χ1) is 4.31. The van der Waals surface area contributed by atoms with E-state index in [1.165, 1.54) is 0 Å². The van der Waals surface area contributed by atoms with Gasteiger partial charge < -0.3 is 10.4 Å². The maximum atomic E-state index is 10.4. The van der Waals surface area contributed by atoms with E-state index in [4.69, 9.17) is 5.11 Å². The van der Waals surface area contributed by atoms with Crippen LogP contribution in [-0.4, -0.2) is 30.8 Å². The summed E-state index contributed by atoms with van der Waals surface area (Å²) in [5.41, 5.74) is 0. The van der Waals surface area contributed by atoms with E-state index in [1.807, 2.05) is 0 Å². The van der Waals surface area contributed by atoms with E-state index in [0.29, 0.717) is 0 Å². The van der Waals surface area contributed by atoms with E-state index >= 15 is 0 Å². The van der Waals surface area contributed by atoms with Crippen LogP contribution in [0.1, 0.15) is 0 Å². The number of carbonyl (C=O) groups excluding carboxylic acids is 1. The first-order valence-corrected chi connectivity index (χ1v) is 2.50. The predicted molar refractivity (Wildman–Crippen MR) is 30.2 cm³/mol. The van der Waals surface area contributed by atoms with Gasteiger partial charge in [-0.15, -0.1) is 0 Å². The molecule has 0 saturated carbocycles. The number of hydrogen-bond donors (Lipinski definition) is 3. The Morgan fingerprint density at radius 2 is 2.30 bits per heavy atom. The number of nitrogens with two attached hydrogens (primary N) is 1. The maximum Gasteiger partial charge on any atom is 0.248 e. The zero-order valence-electron chi connectivity index (χ0n) is 5.37. The van der Waals surface area contributed by atoms with Gasteiger partial charge in [-0.1, -0.05) is 0 Å². The maximum absolute atomic E-state index is 10.4. The van der Waals surface area contributed by atoms with Crippen LogP contribution in [0.4, 0.5) is 0 Å². The normalized spacial score (nSPS) is 8.20. The molecule has 0 aliphatic rings. The van der Waals surface area contributed by atoms with Gasteiger partial charge in [0.2, 0.25) is 5.91 Å². The number of nitrogens with one attached hydrogen (secondary N) is 1. The Bertz CT molecular complexity index is 90.6. The molecule has 0 aliphatic heterocycles. The molecule has 0 radical (unpaired) electrons. The quantitative estimate of drug-likeness (QED) is 0.523. The molecule has 5 nitrogen and oxygen atoms in total. The zero-order chi connectivity index (χ0) is 7.11. The fourth-order valence-electron chi connectivity index (χ4n) is 0.322. The minimum Gasteiger partial charge on any atom is -0.395 e. The second kappa shape index (κ2) is 9.04. The van der Waals surface area contributed by atoms with Crippen LogP contribution in [0.5, 0.6) is 0 Å². The minimum atomic E-state index is -0.327. The summed E-state index contributed by atoms with van der Waals surface area (Å²) in [5, 5.41) is 10.5. The fraction of sp³-hybridized carbons (Fsp3) is 0.750. The van der Waals surface area contributed by atoms with Crippen molar-refractivity contribution in [1.82, 2.24) is 5.32 Å². The molecular formula is C4H10N2O3W. The topological polar surface area (TPSA) is 84.6 Å². The summed E-state index contributed by atoms with van der Waals surface area (Å²) in [7, 11) is 0. The van der Waals surface area contributed by atoms with Crippen LogP contribution in [0.15, 0.2) is 0 Å². The molecule has 0 aliphatic carbocycles. The first kappa shape index (κ1) is 12.7. The average molecular weight is 318 g/mol. The third-order valence-electron chi connectivity index (χ3n) is 0.648. The average Bonchev–Trinajstić information content (AvgIpc) is 1.85. The molecule has 0 heterocycles. The Hall–Kier alpha value is 0.0383. The molecule has 10 heavy (non-hydrogen) atoms. The largest absolute Gasteiger partial charge is 0.395 e. The van der Waals surface area contributed by atoms with E-state index in [9.17, 15) is 4.79 Å². The third-order valence-corrected chi connectivity index (χ3v) is 0.648. The van der Waals surface area contributed by atoms with Gasteiger partial charge in [-0.05, 0) is 0 Å². The molecule has 0 rings (SSSR count). The number of aliphatic hydroxyl groups is 1. The summed E-state index contributed by atoms with van der Waals surface area (Å²) in [6.07, 6.45) is 0. The van der Waals surface area contributed by atoms with Gasteiger partial charge in [0.1, 0.15) is 6.61 Å². The van der Waals surface area contributed by atoms with Gasteiger partial charge in [0.05, 0.1) is 6.61 Å². The Balaban J connectivity index is 0. The molecule has 4 N–H and O–H groups in total. The van der Waals surface area contributed by atoms with Crippen molar-refractivity contribution in [3.8, 4) is 0 Å². The predicted octanol–water partition coefficient (Wildman–Crippen LogP) is -2.02. The Labute approximate surface area is 73.1 Å². The summed E-state index contributed by atoms with van der Waals surface area (Å²) >= 11 is 0. The number of amides is 1. The van der Waals surface area contributed by atoms with Gasteiger partial charge in [0.15, 0.2) is 0 Å². The standard InChI is InChI=1S/C4H10N2O3.W/c5-9-3-4(8)6-1-2-7;/h7H,1-3,5H2,(H,6,8);. The molecule has 0 fully saturated rings. The molecular weight excluding hydrogens is 308 g/mol. The molecule has 0 aromatic carbocycles. The molecule has 0 unspecified atom stereocenters. The van der Waals surface area contributed by atoms with Crippen molar-refractivity contribution in [2.45, 2.75) is 0 Å². The summed E-state index contributed by atoms with van der Waals surface area (Å²) < 4.78 is 0. The fourth-order valence-corrected chi connectivity index (χ4v) is 0.322. The summed E-state index contributed by atoms with van der Waals surface area (Å²) in [5.74, 6) is 4.25. The van der Waals surface area contributed by atoms with Gasteiger partial charge in [-0.2, -0.15) is 0 Å². The van der Waals surface area contributed by atoms with Crippen LogP contribution in [0, 0.1) is 0 Å². The first-order valence-electron chi connectivity index (χ1n) is 2.50. The van der Waals surface area contributed by atoms with Crippen molar-refractivity contribution in [3.63, 3.8) is 0 Å². The van der Waals surface area contributed by atoms with Crippen LogP contribution >= 0.6 is 0 Å². The summed E-state index contributed by atoms with van der Waals surface area (Å²) in [6.45, 7) is -0.00148. The van der Waals surface area contributed by atoms with Crippen molar-refractivity contribution in [2.24, 2.45) is 5.90 Å². The molecule has 0 bridgehead atoms. The molecule has 0 spiro atoms. The Morgan fingerprint density at radius 1 is 1.70 bits per heavy atom. The van der Waals surface area contributed by atoms with Crippen LogP contribution in [-0.2, 0) is 30.7 Å². The molecule has 0 saturated heterocycles. The molecule has 0 aromatic heterocycles. The number of aliphatic hydroxyl groups excluding tert-OH is 1. The van der Waals surface area contributed by atoms with E-state index in [0.717, 1.165) is 0 Å². The molecule has 0 aromatic rings. The summed E-state index contributed by atoms with van der Waals surface area (Å²) in [4.78, 5) is 14.4. The van der Waals surface area contributed by atoms with E-state index in [-0.39, 0.29) is 46.7 Å². The van der Waals surface area contributed by atoms with Gasteiger partial charge >= 0.3 is 0 Å². The third kappa shape index (κ3) is 8.04.